The minimum Gasteiger partial charge on any atom is -0.497 e. The summed E-state index contributed by atoms with van der Waals surface area (Å²) < 4.78 is 14.8. The van der Waals surface area contributed by atoms with Gasteiger partial charge in [0.2, 0.25) is 5.91 Å². The third-order valence-corrected chi connectivity index (χ3v) is 7.08. The molecule has 0 saturated carbocycles. The van der Waals surface area contributed by atoms with Crippen LogP contribution in [0.1, 0.15) is 65.7 Å². The Hall–Kier alpha value is -6.50. The maximum atomic E-state index is 11.9. The molecule has 0 spiro atoms. The van der Waals surface area contributed by atoms with Crippen molar-refractivity contribution in [3.05, 3.63) is 108 Å². The van der Waals surface area contributed by atoms with E-state index in [1.165, 1.54) is 25.3 Å². The lowest BCUT2D eigenvalue weighted by Gasteiger charge is -2.18. The molecule has 270 valence electrons. The Morgan fingerprint density at radius 3 is 2.04 bits per heavy atom. The van der Waals surface area contributed by atoms with Crippen LogP contribution in [-0.4, -0.2) is 70.3 Å². The number of benzene rings is 2. The van der Waals surface area contributed by atoms with Gasteiger partial charge >= 0.3 is 11.9 Å². The maximum absolute atomic E-state index is 11.9. The number of Topliss-reactive ketones (excluding diaryl/α,β-unsaturated/α-hetero) is 2. The van der Waals surface area contributed by atoms with Gasteiger partial charge in [-0.15, -0.1) is 0 Å². The molecule has 0 unspecified atom stereocenters. The van der Waals surface area contributed by atoms with Crippen molar-refractivity contribution >= 4 is 46.3 Å². The molecule has 5 rings (SSSR count). The summed E-state index contributed by atoms with van der Waals surface area (Å²) in [6, 6.07) is 22.3. The van der Waals surface area contributed by atoms with E-state index < -0.39 is 23.1 Å². The summed E-state index contributed by atoms with van der Waals surface area (Å²) in [5.74, 6) is -1.57. The summed E-state index contributed by atoms with van der Waals surface area (Å²) in [4.78, 5) is 70.1. The molecular formula is C39H40N4O9. The van der Waals surface area contributed by atoms with E-state index >= 15 is 0 Å². The van der Waals surface area contributed by atoms with Gasteiger partial charge in [0.05, 0.1) is 37.6 Å². The van der Waals surface area contributed by atoms with Crippen LogP contribution in [0.5, 0.6) is 11.5 Å². The Kier molecular flexibility index (Phi) is 14.2. The number of pyridine rings is 3. The summed E-state index contributed by atoms with van der Waals surface area (Å²) in [5, 5.41) is 12.4. The van der Waals surface area contributed by atoms with E-state index in [9.17, 15) is 29.1 Å². The number of carboxylic acids is 1. The quantitative estimate of drug-likeness (QED) is 0.0938. The summed E-state index contributed by atoms with van der Waals surface area (Å²) in [6.45, 7) is 8.45. The van der Waals surface area contributed by atoms with Crippen LogP contribution in [0.4, 0.5) is 5.82 Å². The molecule has 0 bridgehead atoms. The van der Waals surface area contributed by atoms with Crippen molar-refractivity contribution in [3.8, 4) is 22.8 Å². The SMILES string of the molecule is CCOC(=O)C(=O)c1cccnc1NC(=O)C(C)(C)C.COc1cccc(-c2cc(C(=O)O)c3cccnc3n2)c1.COc1cccc(C(C)=O)c1. The van der Waals surface area contributed by atoms with Gasteiger partial charge in [-0.2, -0.15) is 0 Å². The number of nitrogens with one attached hydrogen (secondary N) is 1. The highest BCUT2D eigenvalue weighted by Gasteiger charge is 2.26. The van der Waals surface area contributed by atoms with Gasteiger partial charge in [0.1, 0.15) is 17.3 Å². The van der Waals surface area contributed by atoms with Crippen LogP contribution >= 0.6 is 0 Å². The monoisotopic (exact) mass is 708 g/mol. The standard InChI is InChI=1S/C16H12N2O3.C14H18N2O4.C9H10O2/c1-21-11-5-2-4-10(8-11)14-9-13(16(19)20)12-6-3-7-17-15(12)18-14;1-5-20-12(18)10(17)9-7-6-8-15-11(9)16-13(19)14(2,3)4;1-7(10)8-4-3-5-9(6-8)11-2/h2-9H,1H3,(H,19,20);6-8H,5H2,1-4H3,(H,15,16,19);3-6H,1-2H3. The van der Waals surface area contributed by atoms with Gasteiger partial charge in [-0.3, -0.25) is 14.4 Å². The number of hydrogen-bond donors (Lipinski definition) is 2. The number of amides is 1. The molecule has 0 radical (unpaired) electrons. The van der Waals surface area contributed by atoms with Crippen molar-refractivity contribution in [1.29, 1.82) is 0 Å². The van der Waals surface area contributed by atoms with Crippen molar-refractivity contribution in [2.45, 2.75) is 34.6 Å². The van der Waals surface area contributed by atoms with Crippen molar-refractivity contribution in [3.63, 3.8) is 0 Å². The van der Waals surface area contributed by atoms with Crippen LogP contribution in [0, 0.1) is 5.41 Å². The number of hydrogen-bond acceptors (Lipinski definition) is 11. The van der Waals surface area contributed by atoms with Crippen LogP contribution in [0.25, 0.3) is 22.3 Å². The zero-order valence-electron chi connectivity index (χ0n) is 29.9. The fraction of sp³-hybridized carbons (Fsp3) is 0.231. The summed E-state index contributed by atoms with van der Waals surface area (Å²) in [7, 11) is 3.16. The fourth-order valence-corrected chi connectivity index (χ4v) is 4.30. The van der Waals surface area contributed by atoms with Crippen LogP contribution in [0.15, 0.2) is 91.3 Å². The highest BCUT2D eigenvalue weighted by Crippen LogP contribution is 2.26. The molecule has 3 aromatic heterocycles. The highest BCUT2D eigenvalue weighted by atomic mass is 16.5. The zero-order valence-corrected chi connectivity index (χ0v) is 29.9. The van der Waals surface area contributed by atoms with Crippen molar-refractivity contribution in [1.82, 2.24) is 15.0 Å². The maximum Gasteiger partial charge on any atom is 0.379 e. The van der Waals surface area contributed by atoms with E-state index in [2.05, 4.69) is 25.0 Å². The Bertz CT molecular complexity index is 2070. The van der Waals surface area contributed by atoms with E-state index in [0.717, 1.165) is 11.3 Å². The Morgan fingerprint density at radius 1 is 0.788 bits per heavy atom. The van der Waals surface area contributed by atoms with Crippen LogP contribution < -0.4 is 14.8 Å². The van der Waals surface area contributed by atoms with Gasteiger partial charge < -0.3 is 24.6 Å². The number of ether oxygens (including phenoxy) is 3. The lowest BCUT2D eigenvalue weighted by Crippen LogP contribution is -2.29. The molecule has 0 saturated heterocycles. The number of carboxylic acid groups (broad SMARTS) is 1. The Balaban J connectivity index is 0.000000221. The molecule has 0 aliphatic rings. The van der Waals surface area contributed by atoms with Gasteiger partial charge in [0.25, 0.3) is 5.78 Å². The number of rotatable bonds is 9. The summed E-state index contributed by atoms with van der Waals surface area (Å²) in [5.41, 5.74) is 2.00. The number of aromatic carboxylic acids is 1. The lowest BCUT2D eigenvalue weighted by molar-refractivity contribution is -0.137. The smallest absolute Gasteiger partial charge is 0.379 e. The first-order valence-electron chi connectivity index (χ1n) is 16.0. The lowest BCUT2D eigenvalue weighted by atomic mass is 9.95. The number of anilines is 1. The fourth-order valence-electron chi connectivity index (χ4n) is 4.30. The largest absolute Gasteiger partial charge is 0.497 e. The van der Waals surface area contributed by atoms with Crippen LogP contribution in [0.2, 0.25) is 0 Å². The molecule has 0 aliphatic heterocycles. The van der Waals surface area contributed by atoms with Gasteiger partial charge in [0.15, 0.2) is 11.4 Å². The topological polar surface area (TPSA) is 184 Å². The van der Waals surface area contributed by atoms with Gasteiger partial charge in [-0.1, -0.05) is 45.0 Å². The number of ketones is 2. The van der Waals surface area contributed by atoms with E-state index in [-0.39, 0.29) is 35.2 Å². The first kappa shape index (κ1) is 39.9. The van der Waals surface area contributed by atoms with Gasteiger partial charge in [0, 0.05) is 34.3 Å². The molecule has 0 aliphatic carbocycles. The number of carbonyl (C=O) groups is 5. The average molecular weight is 709 g/mol. The van der Waals surface area contributed by atoms with Crippen molar-refractivity contribution < 1.29 is 43.3 Å². The number of methoxy groups -OCH3 is 2. The molecule has 3 heterocycles. The van der Waals surface area contributed by atoms with E-state index in [4.69, 9.17) is 9.47 Å². The van der Waals surface area contributed by atoms with E-state index in [1.807, 2.05) is 30.3 Å². The number of fused-ring (bicyclic) bond motifs is 1. The normalized spacial score (nSPS) is 10.4. The second-order valence-corrected chi connectivity index (χ2v) is 11.9. The predicted octanol–water partition coefficient (Wildman–Crippen LogP) is 6.71. The highest BCUT2D eigenvalue weighted by molar-refractivity contribution is 6.41. The Labute approximate surface area is 301 Å². The molecule has 13 nitrogen and oxygen atoms in total. The molecule has 0 fully saturated rings. The second kappa shape index (κ2) is 18.5. The molecule has 1 amide bonds. The molecule has 52 heavy (non-hydrogen) atoms. The third kappa shape index (κ3) is 11.0. The minimum atomic E-state index is -1.00. The average Bonchev–Trinajstić information content (AvgIpc) is 3.14. The number of esters is 1. The van der Waals surface area contributed by atoms with Crippen LogP contribution in [-0.2, 0) is 14.3 Å². The summed E-state index contributed by atoms with van der Waals surface area (Å²) in [6.07, 6.45) is 3.02. The summed E-state index contributed by atoms with van der Waals surface area (Å²) >= 11 is 0. The molecular weight excluding hydrogens is 668 g/mol. The van der Waals surface area contributed by atoms with Gasteiger partial charge in [-0.25, -0.2) is 24.5 Å². The van der Waals surface area contributed by atoms with Crippen molar-refractivity contribution in [2.24, 2.45) is 5.41 Å². The molecule has 13 heteroatoms. The first-order chi connectivity index (χ1) is 24.7. The van der Waals surface area contributed by atoms with Gasteiger partial charge in [-0.05, 0) is 68.4 Å². The molecule has 2 aromatic carbocycles. The Morgan fingerprint density at radius 2 is 1.42 bits per heavy atom. The number of carbonyl (C=O) groups excluding carboxylic acids is 4. The van der Waals surface area contributed by atoms with E-state index in [0.29, 0.717) is 28.0 Å². The molecule has 5 aromatic rings. The zero-order chi connectivity index (χ0) is 38.4. The van der Waals surface area contributed by atoms with Crippen LogP contribution in [0.3, 0.4) is 0 Å². The predicted molar refractivity (Wildman–Crippen MR) is 195 cm³/mol. The molecule has 0 atom stereocenters. The second-order valence-electron chi connectivity index (χ2n) is 11.9. The first-order valence-corrected chi connectivity index (χ1v) is 16.0. The minimum absolute atomic E-state index is 0.0172. The van der Waals surface area contributed by atoms with Crippen molar-refractivity contribution in [2.75, 3.05) is 26.1 Å². The number of nitrogens with zero attached hydrogens (tertiary/aromatic N) is 3. The van der Waals surface area contributed by atoms with E-state index in [1.54, 1.807) is 84.5 Å². The molecule has 2 N–H and O–H groups in total. The third-order valence-electron chi connectivity index (χ3n) is 7.08. The number of aromatic nitrogens is 3.